The van der Waals surface area contributed by atoms with Gasteiger partial charge in [0.25, 0.3) is 5.56 Å². The van der Waals surface area contributed by atoms with Gasteiger partial charge in [-0.15, -0.1) is 0 Å². The summed E-state index contributed by atoms with van der Waals surface area (Å²) in [6.45, 7) is 1.98. The van der Waals surface area contributed by atoms with Crippen LogP contribution in [0.5, 0.6) is 0 Å². The summed E-state index contributed by atoms with van der Waals surface area (Å²) >= 11 is 0. The number of amides is 2. The zero-order chi connectivity index (χ0) is 22.7. The van der Waals surface area contributed by atoms with Gasteiger partial charge >= 0.3 is 6.03 Å². The second-order valence-corrected chi connectivity index (χ2v) is 7.36. The lowest BCUT2D eigenvalue weighted by molar-refractivity contribution is 0.178. The van der Waals surface area contributed by atoms with Crippen LogP contribution >= 0.6 is 0 Å². The van der Waals surface area contributed by atoms with Crippen molar-refractivity contribution in [3.63, 3.8) is 0 Å². The average molecular weight is 427 g/mol. The summed E-state index contributed by atoms with van der Waals surface area (Å²) in [6.07, 6.45) is 1.54. The first-order valence-corrected chi connectivity index (χ1v) is 10.0. The fourth-order valence-electron chi connectivity index (χ4n) is 3.56. The first-order valence-electron chi connectivity index (χ1n) is 10.0. The molecule has 0 fully saturated rings. The Balaban J connectivity index is 1.72. The molecular weight excluding hydrogens is 406 g/mol. The number of urea groups is 1. The molecule has 160 valence electrons. The minimum Gasteiger partial charge on any atom is -0.467 e. The molecule has 0 saturated heterocycles. The zero-order valence-corrected chi connectivity index (χ0v) is 17.6. The lowest BCUT2D eigenvalue weighted by atomic mass is 10.2. The first-order chi connectivity index (χ1) is 15.5. The highest BCUT2D eigenvalue weighted by molar-refractivity contribution is 5.89. The van der Waals surface area contributed by atoms with E-state index in [1.807, 2.05) is 13.0 Å². The third-order valence-electron chi connectivity index (χ3n) is 5.27. The van der Waals surface area contributed by atoms with Crippen LogP contribution in [0.25, 0.3) is 10.9 Å². The van der Waals surface area contributed by atoms with Crippen molar-refractivity contribution in [3.05, 3.63) is 94.4 Å². The van der Waals surface area contributed by atoms with Crippen LogP contribution < -0.4 is 10.9 Å². The molecule has 2 aromatic carbocycles. The van der Waals surface area contributed by atoms with Gasteiger partial charge in [-0.2, -0.15) is 5.26 Å². The summed E-state index contributed by atoms with van der Waals surface area (Å²) in [5.74, 6) is 1.03. The number of carbonyl (C=O) groups is 1. The van der Waals surface area contributed by atoms with Crippen molar-refractivity contribution in [1.29, 1.82) is 5.26 Å². The molecule has 1 N–H and O–H groups in total. The van der Waals surface area contributed by atoms with Crippen molar-refractivity contribution in [2.75, 3.05) is 5.32 Å². The summed E-state index contributed by atoms with van der Waals surface area (Å²) in [6, 6.07) is 18.4. The van der Waals surface area contributed by atoms with E-state index in [9.17, 15) is 9.59 Å². The monoisotopic (exact) mass is 427 g/mol. The SMILES string of the molecule is CC(c1nc2ccccc2c(=O)n1C)N(Cc1ccco1)C(=O)Nc1cccc(C#N)c1. The topological polar surface area (TPSA) is 104 Å². The second-order valence-electron chi connectivity index (χ2n) is 7.36. The Bertz CT molecular complexity index is 1370. The fraction of sp³-hybridized carbons (Fsp3) is 0.167. The highest BCUT2D eigenvalue weighted by Gasteiger charge is 2.26. The number of anilines is 1. The summed E-state index contributed by atoms with van der Waals surface area (Å²) in [5.41, 5.74) is 1.31. The number of nitrogens with zero attached hydrogens (tertiary/aromatic N) is 4. The van der Waals surface area contributed by atoms with Crippen LogP contribution in [0.2, 0.25) is 0 Å². The lowest BCUT2D eigenvalue weighted by Crippen LogP contribution is -2.39. The van der Waals surface area contributed by atoms with E-state index in [-0.39, 0.29) is 12.1 Å². The van der Waals surface area contributed by atoms with E-state index in [0.29, 0.717) is 33.7 Å². The number of aromatic nitrogens is 2. The van der Waals surface area contributed by atoms with Gasteiger partial charge in [-0.05, 0) is 49.4 Å². The molecule has 0 saturated carbocycles. The molecule has 4 rings (SSSR count). The van der Waals surface area contributed by atoms with E-state index in [4.69, 9.17) is 9.68 Å². The number of nitrogens with one attached hydrogen (secondary N) is 1. The second kappa shape index (κ2) is 8.78. The molecule has 2 amide bonds. The number of fused-ring (bicyclic) bond motifs is 1. The largest absolute Gasteiger partial charge is 0.467 e. The van der Waals surface area contributed by atoms with Gasteiger partial charge in [0.15, 0.2) is 0 Å². The standard InChI is InChI=1S/C24H21N5O3/c1-16(22-27-21-11-4-3-10-20(21)23(30)28(22)2)29(15-19-9-6-12-32-19)24(31)26-18-8-5-7-17(13-18)14-25/h3-13,16H,15H2,1-2H3,(H,26,31). The molecule has 0 aliphatic heterocycles. The summed E-state index contributed by atoms with van der Waals surface area (Å²) < 4.78 is 6.92. The molecule has 2 heterocycles. The van der Waals surface area contributed by atoms with Gasteiger partial charge in [0.05, 0.1) is 41.4 Å². The number of benzene rings is 2. The molecule has 0 bridgehead atoms. The van der Waals surface area contributed by atoms with Gasteiger partial charge in [-0.25, -0.2) is 9.78 Å². The molecule has 1 atom stereocenters. The van der Waals surface area contributed by atoms with Crippen molar-refractivity contribution in [1.82, 2.24) is 14.5 Å². The molecule has 0 radical (unpaired) electrons. The van der Waals surface area contributed by atoms with E-state index in [1.165, 1.54) is 15.7 Å². The van der Waals surface area contributed by atoms with Crippen molar-refractivity contribution >= 4 is 22.6 Å². The summed E-state index contributed by atoms with van der Waals surface area (Å²) in [7, 11) is 1.65. The van der Waals surface area contributed by atoms with E-state index < -0.39 is 12.1 Å². The van der Waals surface area contributed by atoms with Crippen molar-refractivity contribution in [3.8, 4) is 6.07 Å². The third kappa shape index (κ3) is 4.09. The smallest absolute Gasteiger partial charge is 0.322 e. The number of furan rings is 1. The highest BCUT2D eigenvalue weighted by Crippen LogP contribution is 2.23. The van der Waals surface area contributed by atoms with Crippen molar-refractivity contribution in [2.45, 2.75) is 19.5 Å². The van der Waals surface area contributed by atoms with Crippen LogP contribution in [0.4, 0.5) is 10.5 Å². The molecule has 0 aliphatic rings. The molecule has 32 heavy (non-hydrogen) atoms. The van der Waals surface area contributed by atoms with Crippen LogP contribution in [0.3, 0.4) is 0 Å². The molecule has 0 spiro atoms. The van der Waals surface area contributed by atoms with Crippen molar-refractivity contribution in [2.24, 2.45) is 7.05 Å². The first kappa shape index (κ1) is 20.9. The van der Waals surface area contributed by atoms with Gasteiger partial charge in [0.2, 0.25) is 0 Å². The zero-order valence-electron chi connectivity index (χ0n) is 17.6. The number of rotatable bonds is 5. The maximum atomic E-state index is 13.3. The average Bonchev–Trinajstić information content (AvgIpc) is 3.33. The number of hydrogen-bond donors (Lipinski definition) is 1. The quantitative estimate of drug-likeness (QED) is 0.514. The molecule has 8 nitrogen and oxygen atoms in total. The Labute approximate surface area is 184 Å². The Kier molecular flexibility index (Phi) is 5.73. The van der Waals surface area contributed by atoms with Gasteiger partial charge < -0.3 is 14.6 Å². The van der Waals surface area contributed by atoms with Crippen molar-refractivity contribution < 1.29 is 9.21 Å². The fourth-order valence-corrected chi connectivity index (χ4v) is 3.56. The van der Waals surface area contributed by atoms with Crippen LogP contribution in [-0.2, 0) is 13.6 Å². The Morgan fingerprint density at radius 3 is 2.78 bits per heavy atom. The predicted molar refractivity (Wildman–Crippen MR) is 120 cm³/mol. The van der Waals surface area contributed by atoms with Crippen LogP contribution in [0.1, 0.15) is 30.1 Å². The van der Waals surface area contributed by atoms with Gasteiger partial charge in [-0.3, -0.25) is 9.36 Å². The molecule has 4 aromatic rings. The normalized spacial score (nSPS) is 11.7. The Morgan fingerprint density at radius 1 is 1.22 bits per heavy atom. The molecule has 1 unspecified atom stereocenters. The van der Waals surface area contributed by atoms with Gasteiger partial charge in [-0.1, -0.05) is 18.2 Å². The minimum atomic E-state index is -0.554. The van der Waals surface area contributed by atoms with Crippen LogP contribution in [0, 0.1) is 11.3 Å². The van der Waals surface area contributed by atoms with Crippen LogP contribution in [0.15, 0.2) is 76.1 Å². The number of para-hydroxylation sites is 1. The minimum absolute atomic E-state index is 0.167. The molecule has 0 aliphatic carbocycles. The van der Waals surface area contributed by atoms with Gasteiger partial charge in [0, 0.05) is 12.7 Å². The number of carbonyl (C=O) groups excluding carboxylic acids is 1. The predicted octanol–water partition coefficient (Wildman–Crippen LogP) is 4.19. The number of nitriles is 1. The lowest BCUT2D eigenvalue weighted by Gasteiger charge is -2.29. The van der Waals surface area contributed by atoms with E-state index in [2.05, 4.69) is 16.4 Å². The summed E-state index contributed by atoms with van der Waals surface area (Å²) in [4.78, 5) is 32.4. The van der Waals surface area contributed by atoms with E-state index >= 15 is 0 Å². The third-order valence-corrected chi connectivity index (χ3v) is 5.27. The van der Waals surface area contributed by atoms with Crippen LogP contribution in [-0.4, -0.2) is 20.5 Å². The summed E-state index contributed by atoms with van der Waals surface area (Å²) in [5, 5.41) is 12.5. The Morgan fingerprint density at radius 2 is 2.03 bits per heavy atom. The molecular formula is C24H21N5O3. The maximum Gasteiger partial charge on any atom is 0.322 e. The van der Waals surface area contributed by atoms with E-state index in [1.54, 1.807) is 61.6 Å². The molecule has 8 heteroatoms. The van der Waals surface area contributed by atoms with Gasteiger partial charge in [0.1, 0.15) is 11.6 Å². The van der Waals surface area contributed by atoms with E-state index in [0.717, 1.165) is 0 Å². The Hall–Kier alpha value is -4.38. The highest BCUT2D eigenvalue weighted by atomic mass is 16.3. The number of hydrogen-bond acceptors (Lipinski definition) is 5. The molecule has 2 aromatic heterocycles. The maximum absolute atomic E-state index is 13.3.